The first-order valence-corrected chi connectivity index (χ1v) is 16.7. The summed E-state index contributed by atoms with van der Waals surface area (Å²) in [6.45, 7) is 0. The van der Waals surface area contributed by atoms with Gasteiger partial charge >= 0.3 is 0 Å². The summed E-state index contributed by atoms with van der Waals surface area (Å²) in [6.07, 6.45) is 0. The van der Waals surface area contributed by atoms with E-state index in [1.807, 2.05) is 18.2 Å². The van der Waals surface area contributed by atoms with Crippen LogP contribution in [0.3, 0.4) is 0 Å². The summed E-state index contributed by atoms with van der Waals surface area (Å²) in [6, 6.07) is 58.2. The van der Waals surface area contributed by atoms with Crippen LogP contribution in [0.4, 0.5) is 0 Å². The van der Waals surface area contributed by atoms with Crippen LogP contribution in [0.2, 0.25) is 0 Å². The van der Waals surface area contributed by atoms with E-state index in [0.717, 1.165) is 31.5 Å². The first-order valence-electron chi connectivity index (χ1n) is 15.7. The van der Waals surface area contributed by atoms with E-state index in [-0.39, 0.29) is 0 Å². The number of hydrogen-bond acceptors (Lipinski definition) is 2. The first kappa shape index (κ1) is 27.8. The lowest BCUT2D eigenvalue weighted by molar-refractivity contribution is 0.619. The Labute approximate surface area is 285 Å². The van der Waals surface area contributed by atoms with Gasteiger partial charge < -0.3 is 8.98 Å². The molecule has 0 spiro atoms. The van der Waals surface area contributed by atoms with Crippen molar-refractivity contribution < 1.29 is 4.42 Å². The molecule has 0 radical (unpaired) electrons. The summed E-state index contributed by atoms with van der Waals surface area (Å²) in [4.78, 5) is 4.72. The van der Waals surface area contributed by atoms with Crippen LogP contribution in [0.1, 0.15) is 0 Å². The van der Waals surface area contributed by atoms with E-state index in [2.05, 4.69) is 173 Å². The van der Waals surface area contributed by atoms with Gasteiger partial charge in [0.1, 0.15) is 5.52 Å². The Morgan fingerprint density at radius 3 is 1.55 bits per heavy atom. The van der Waals surface area contributed by atoms with Crippen molar-refractivity contribution >= 4 is 55.5 Å². The van der Waals surface area contributed by atoms with Gasteiger partial charge in [0.15, 0.2) is 5.58 Å². The van der Waals surface area contributed by atoms with Gasteiger partial charge in [-0.1, -0.05) is 109 Å². The molecule has 3 nitrogen and oxygen atoms in total. The third kappa shape index (κ3) is 4.84. The van der Waals surface area contributed by atoms with Crippen LogP contribution in [0.25, 0.3) is 83.4 Å². The Morgan fingerprint density at radius 1 is 0.468 bits per heavy atom. The SMILES string of the molecule is Ic1ccc2nc(-c3ccc(-c4ccccc4-c4ccccc4-c4ccc(-n5c6ccccc6c6ccccc65)cc4)cc3)oc2c1. The maximum atomic E-state index is 6.09. The van der Waals surface area contributed by atoms with Crippen molar-refractivity contribution in [3.63, 3.8) is 0 Å². The molecule has 222 valence electrons. The highest BCUT2D eigenvalue weighted by molar-refractivity contribution is 14.1. The van der Waals surface area contributed by atoms with Gasteiger partial charge in [-0.05, 0) is 111 Å². The lowest BCUT2D eigenvalue weighted by Crippen LogP contribution is -1.94. The number of fused-ring (bicyclic) bond motifs is 4. The summed E-state index contributed by atoms with van der Waals surface area (Å²) in [5, 5.41) is 2.54. The highest BCUT2D eigenvalue weighted by Gasteiger charge is 2.15. The zero-order chi connectivity index (χ0) is 31.3. The molecule has 9 rings (SSSR count). The molecular weight excluding hydrogens is 687 g/mol. The monoisotopic (exact) mass is 714 g/mol. The largest absolute Gasteiger partial charge is 0.436 e. The number of benzene rings is 7. The Bertz CT molecular complexity index is 2520. The van der Waals surface area contributed by atoms with E-state index in [4.69, 9.17) is 9.40 Å². The fourth-order valence-corrected chi connectivity index (χ4v) is 7.21. The minimum atomic E-state index is 0.636. The first-order chi connectivity index (χ1) is 23.2. The molecule has 0 amide bonds. The molecule has 0 unspecified atom stereocenters. The van der Waals surface area contributed by atoms with Gasteiger partial charge in [-0.2, -0.15) is 0 Å². The predicted molar refractivity (Wildman–Crippen MR) is 203 cm³/mol. The van der Waals surface area contributed by atoms with Crippen molar-refractivity contribution in [3.8, 4) is 50.5 Å². The van der Waals surface area contributed by atoms with Crippen molar-refractivity contribution in [3.05, 3.63) is 167 Å². The molecule has 0 aliphatic carbocycles. The summed E-state index contributed by atoms with van der Waals surface area (Å²) in [5.41, 5.74) is 13.3. The van der Waals surface area contributed by atoms with Gasteiger partial charge in [0.05, 0.1) is 11.0 Å². The van der Waals surface area contributed by atoms with Crippen LogP contribution in [0.5, 0.6) is 0 Å². The average Bonchev–Trinajstić information content (AvgIpc) is 3.71. The highest BCUT2D eigenvalue weighted by Crippen LogP contribution is 2.39. The van der Waals surface area contributed by atoms with Gasteiger partial charge in [0, 0.05) is 25.6 Å². The topological polar surface area (TPSA) is 31.0 Å². The van der Waals surface area contributed by atoms with Crippen LogP contribution in [-0.2, 0) is 0 Å². The summed E-state index contributed by atoms with van der Waals surface area (Å²) >= 11 is 2.30. The molecule has 2 aromatic heterocycles. The fourth-order valence-electron chi connectivity index (χ4n) is 6.74. The van der Waals surface area contributed by atoms with Crippen molar-refractivity contribution in [2.75, 3.05) is 0 Å². The zero-order valence-electron chi connectivity index (χ0n) is 25.3. The van der Waals surface area contributed by atoms with Gasteiger partial charge in [-0.15, -0.1) is 0 Å². The molecule has 0 aliphatic heterocycles. The number of hydrogen-bond donors (Lipinski definition) is 0. The van der Waals surface area contributed by atoms with Gasteiger partial charge in [-0.25, -0.2) is 4.98 Å². The molecular formula is C43H27IN2O. The standard InChI is InChI=1S/C43H27IN2O/c44-31-23-26-39-42(27-31)47-43(45-39)30-19-17-28(18-20-30)33-9-1-3-11-35(33)36-12-4-2-10-34(36)29-21-24-32(25-22-29)46-40-15-7-5-13-37(40)38-14-6-8-16-41(38)46/h1-27H. The van der Waals surface area contributed by atoms with Gasteiger partial charge in [0.2, 0.25) is 5.89 Å². The maximum Gasteiger partial charge on any atom is 0.227 e. The molecule has 4 heteroatoms. The Balaban J connectivity index is 1.09. The quantitative estimate of drug-likeness (QED) is 0.166. The zero-order valence-corrected chi connectivity index (χ0v) is 27.4. The number of para-hydroxylation sites is 2. The smallest absolute Gasteiger partial charge is 0.227 e. The second-order valence-corrected chi connectivity index (χ2v) is 13.0. The van der Waals surface area contributed by atoms with Crippen molar-refractivity contribution in [1.29, 1.82) is 0 Å². The summed E-state index contributed by atoms with van der Waals surface area (Å²) < 4.78 is 9.59. The van der Waals surface area contributed by atoms with Crippen molar-refractivity contribution in [2.45, 2.75) is 0 Å². The van der Waals surface area contributed by atoms with Gasteiger partial charge in [0.25, 0.3) is 0 Å². The molecule has 0 aliphatic rings. The van der Waals surface area contributed by atoms with Crippen LogP contribution < -0.4 is 0 Å². The van der Waals surface area contributed by atoms with E-state index in [1.54, 1.807) is 0 Å². The number of rotatable bonds is 5. The van der Waals surface area contributed by atoms with Crippen LogP contribution in [-0.4, -0.2) is 9.55 Å². The molecule has 0 bridgehead atoms. The molecule has 0 saturated heterocycles. The lowest BCUT2D eigenvalue weighted by atomic mass is 9.89. The summed E-state index contributed by atoms with van der Waals surface area (Å²) in [5.74, 6) is 0.636. The van der Waals surface area contributed by atoms with E-state index in [1.165, 1.54) is 49.6 Å². The maximum absolute atomic E-state index is 6.09. The molecule has 0 fully saturated rings. The highest BCUT2D eigenvalue weighted by atomic mass is 127. The third-order valence-corrected chi connectivity index (χ3v) is 9.63. The molecule has 0 atom stereocenters. The van der Waals surface area contributed by atoms with E-state index >= 15 is 0 Å². The normalized spacial score (nSPS) is 11.5. The van der Waals surface area contributed by atoms with E-state index < -0.39 is 0 Å². The Kier molecular flexibility index (Phi) is 6.75. The van der Waals surface area contributed by atoms with Gasteiger partial charge in [-0.3, -0.25) is 0 Å². The Hall–Kier alpha value is -5.46. The van der Waals surface area contributed by atoms with Crippen molar-refractivity contribution in [1.82, 2.24) is 9.55 Å². The fraction of sp³-hybridized carbons (Fsp3) is 0. The minimum absolute atomic E-state index is 0.636. The minimum Gasteiger partial charge on any atom is -0.436 e. The van der Waals surface area contributed by atoms with Crippen LogP contribution >= 0.6 is 22.6 Å². The van der Waals surface area contributed by atoms with E-state index in [9.17, 15) is 0 Å². The number of oxazole rings is 1. The third-order valence-electron chi connectivity index (χ3n) is 8.95. The second-order valence-electron chi connectivity index (χ2n) is 11.7. The molecule has 0 N–H and O–H groups in total. The van der Waals surface area contributed by atoms with Crippen LogP contribution in [0, 0.1) is 3.57 Å². The molecule has 9 aromatic rings. The lowest BCUT2D eigenvalue weighted by Gasteiger charge is -2.15. The Morgan fingerprint density at radius 2 is 0.957 bits per heavy atom. The summed E-state index contributed by atoms with van der Waals surface area (Å²) in [7, 11) is 0. The number of aromatic nitrogens is 2. The molecule has 7 aromatic carbocycles. The number of nitrogens with zero attached hydrogens (tertiary/aromatic N) is 2. The molecule has 2 heterocycles. The van der Waals surface area contributed by atoms with Crippen LogP contribution in [0.15, 0.2) is 168 Å². The molecule has 0 saturated carbocycles. The second kappa shape index (κ2) is 11.4. The number of halogens is 1. The predicted octanol–water partition coefficient (Wildman–Crippen LogP) is 12.2. The average molecular weight is 715 g/mol. The van der Waals surface area contributed by atoms with Crippen molar-refractivity contribution in [2.24, 2.45) is 0 Å². The molecule has 47 heavy (non-hydrogen) atoms. The van der Waals surface area contributed by atoms with E-state index in [0.29, 0.717) is 5.89 Å².